The van der Waals surface area contributed by atoms with Crippen molar-refractivity contribution in [3.8, 4) is 11.5 Å². The topological polar surface area (TPSA) is 58.1 Å². The Morgan fingerprint density at radius 3 is 2.44 bits per heavy atom. The van der Waals surface area contributed by atoms with E-state index in [4.69, 9.17) is 9.47 Å². The fourth-order valence-corrected chi connectivity index (χ4v) is 3.70. The monoisotopic (exact) mass is 490 g/mol. The first-order valence-corrected chi connectivity index (χ1v) is 9.43. The highest BCUT2D eigenvalue weighted by Gasteiger charge is 2.21. The van der Waals surface area contributed by atoms with Gasteiger partial charge in [-0.25, -0.2) is 0 Å². The molecule has 1 heterocycles. The second kappa shape index (κ2) is 12.3. The fourth-order valence-electron chi connectivity index (χ4n) is 3.70. The molecule has 1 aromatic carbocycles. The summed E-state index contributed by atoms with van der Waals surface area (Å²) >= 11 is 0. The second-order valence-electron chi connectivity index (χ2n) is 7.24. The molecule has 1 saturated heterocycles. The van der Waals surface area contributed by atoms with E-state index < -0.39 is 0 Å². The number of nitrogens with one attached hydrogen (secondary N) is 2. The molecule has 1 aromatic rings. The molecule has 1 aliphatic heterocycles. The Hall–Kier alpha value is -1.22. The molecule has 0 aliphatic carbocycles. The minimum atomic E-state index is 0. The van der Waals surface area contributed by atoms with E-state index in [2.05, 4.69) is 34.4 Å². The highest BCUT2D eigenvalue weighted by molar-refractivity contribution is 14.0. The highest BCUT2D eigenvalue weighted by Crippen LogP contribution is 2.24. The molecule has 0 amide bonds. The Bertz CT molecular complexity index is 587. The highest BCUT2D eigenvalue weighted by atomic mass is 127. The molecule has 1 fully saturated rings. The van der Waals surface area contributed by atoms with Gasteiger partial charge in [-0.1, -0.05) is 13.8 Å². The van der Waals surface area contributed by atoms with E-state index >= 15 is 0 Å². The Kier molecular flexibility index (Phi) is 10.8. The Labute approximate surface area is 181 Å². The van der Waals surface area contributed by atoms with Gasteiger partial charge in [0.2, 0.25) is 0 Å². The predicted molar refractivity (Wildman–Crippen MR) is 123 cm³/mol. The zero-order valence-corrected chi connectivity index (χ0v) is 19.6. The second-order valence-corrected chi connectivity index (χ2v) is 7.24. The van der Waals surface area contributed by atoms with Crippen molar-refractivity contribution in [2.75, 3.05) is 47.4 Å². The zero-order valence-electron chi connectivity index (χ0n) is 17.2. The van der Waals surface area contributed by atoms with Crippen LogP contribution >= 0.6 is 24.0 Å². The maximum absolute atomic E-state index is 5.45. The Morgan fingerprint density at radius 1 is 1.15 bits per heavy atom. The lowest BCUT2D eigenvalue weighted by Gasteiger charge is -2.35. The minimum absolute atomic E-state index is 0. The van der Waals surface area contributed by atoms with Crippen molar-refractivity contribution in [2.45, 2.75) is 26.8 Å². The number of piperidine rings is 1. The maximum Gasteiger partial charge on any atom is 0.191 e. The normalized spacial score (nSPS) is 20.6. The number of hydrogen-bond donors (Lipinski definition) is 2. The molecule has 2 unspecified atom stereocenters. The summed E-state index contributed by atoms with van der Waals surface area (Å²) in [5, 5.41) is 6.76. The van der Waals surface area contributed by atoms with Crippen LogP contribution in [0.3, 0.4) is 0 Å². The molecule has 2 atom stereocenters. The van der Waals surface area contributed by atoms with Crippen molar-refractivity contribution in [1.82, 2.24) is 15.5 Å². The Balaban J connectivity index is 0.00000364. The summed E-state index contributed by atoms with van der Waals surface area (Å²) in [6, 6.07) is 5.84. The number of rotatable bonds is 7. The van der Waals surface area contributed by atoms with Crippen molar-refractivity contribution in [3.05, 3.63) is 23.8 Å². The number of guanidine groups is 1. The molecule has 7 heteroatoms. The lowest BCUT2D eigenvalue weighted by atomic mass is 9.92. The van der Waals surface area contributed by atoms with Gasteiger partial charge in [-0.3, -0.25) is 4.99 Å². The minimum Gasteiger partial charge on any atom is -0.497 e. The molecular formula is C20H35IN4O2. The number of halogens is 1. The van der Waals surface area contributed by atoms with Crippen molar-refractivity contribution >= 4 is 29.9 Å². The van der Waals surface area contributed by atoms with Crippen LogP contribution in [0.15, 0.2) is 23.2 Å². The third-order valence-electron chi connectivity index (χ3n) is 4.83. The SMILES string of the molecule is CN=C(NCCN1CC(C)CC(C)C1)NCc1ccc(OC)cc1OC.I. The standard InChI is InChI=1S/C20H34N4O2.HI/c1-15-10-16(2)14-24(13-15)9-8-22-20(21-3)23-12-17-6-7-18(25-4)11-19(17)26-5;/h6-7,11,15-16H,8-10,12-14H2,1-5H3,(H2,21,22,23);1H. The maximum atomic E-state index is 5.45. The van der Waals surface area contributed by atoms with Gasteiger partial charge in [0.05, 0.1) is 14.2 Å². The van der Waals surface area contributed by atoms with E-state index in [0.29, 0.717) is 6.54 Å². The van der Waals surface area contributed by atoms with Crippen LogP contribution in [0.1, 0.15) is 25.8 Å². The summed E-state index contributed by atoms with van der Waals surface area (Å²) in [4.78, 5) is 6.86. The van der Waals surface area contributed by atoms with Gasteiger partial charge >= 0.3 is 0 Å². The molecule has 0 radical (unpaired) electrons. The number of likely N-dealkylation sites (tertiary alicyclic amines) is 1. The van der Waals surface area contributed by atoms with Crippen LogP contribution in [-0.2, 0) is 6.54 Å². The van der Waals surface area contributed by atoms with Crippen LogP contribution in [0.5, 0.6) is 11.5 Å². The quantitative estimate of drug-likeness (QED) is 0.350. The third kappa shape index (κ3) is 7.73. The number of ether oxygens (including phenoxy) is 2. The van der Waals surface area contributed by atoms with Crippen LogP contribution in [0, 0.1) is 11.8 Å². The lowest BCUT2D eigenvalue weighted by molar-refractivity contribution is 0.143. The first kappa shape index (κ1) is 23.8. The summed E-state index contributed by atoms with van der Waals surface area (Å²) in [6.45, 7) is 9.66. The number of aliphatic imine (C=N–C) groups is 1. The van der Waals surface area contributed by atoms with E-state index in [1.165, 1.54) is 19.5 Å². The molecule has 0 saturated carbocycles. The molecule has 6 nitrogen and oxygen atoms in total. The molecule has 0 spiro atoms. The third-order valence-corrected chi connectivity index (χ3v) is 4.83. The summed E-state index contributed by atoms with van der Waals surface area (Å²) in [6.07, 6.45) is 1.34. The van der Waals surface area contributed by atoms with Crippen molar-refractivity contribution < 1.29 is 9.47 Å². The summed E-state index contributed by atoms with van der Waals surface area (Å²) in [5.41, 5.74) is 1.06. The first-order valence-electron chi connectivity index (χ1n) is 9.43. The van der Waals surface area contributed by atoms with Gasteiger partial charge in [0, 0.05) is 51.4 Å². The van der Waals surface area contributed by atoms with Gasteiger partial charge in [-0.15, -0.1) is 24.0 Å². The van der Waals surface area contributed by atoms with Crippen LogP contribution in [-0.4, -0.2) is 58.3 Å². The van der Waals surface area contributed by atoms with E-state index in [0.717, 1.165) is 47.9 Å². The number of nitrogens with zero attached hydrogens (tertiary/aromatic N) is 2. The average molecular weight is 490 g/mol. The van der Waals surface area contributed by atoms with E-state index in [1.54, 1.807) is 21.3 Å². The summed E-state index contributed by atoms with van der Waals surface area (Å²) in [7, 11) is 5.12. The summed E-state index contributed by atoms with van der Waals surface area (Å²) in [5.74, 6) is 3.99. The van der Waals surface area contributed by atoms with E-state index in [1.807, 2.05) is 18.2 Å². The largest absolute Gasteiger partial charge is 0.497 e. The number of hydrogen-bond acceptors (Lipinski definition) is 4. The molecule has 0 bridgehead atoms. The van der Waals surface area contributed by atoms with Crippen LogP contribution in [0.2, 0.25) is 0 Å². The van der Waals surface area contributed by atoms with Gasteiger partial charge < -0.3 is 25.0 Å². The molecule has 2 N–H and O–H groups in total. The predicted octanol–water partition coefficient (Wildman–Crippen LogP) is 2.96. The van der Waals surface area contributed by atoms with E-state index in [9.17, 15) is 0 Å². The van der Waals surface area contributed by atoms with Crippen molar-refractivity contribution in [3.63, 3.8) is 0 Å². The van der Waals surface area contributed by atoms with Crippen molar-refractivity contribution in [2.24, 2.45) is 16.8 Å². The molecule has 1 aliphatic rings. The molecule has 2 rings (SSSR count). The van der Waals surface area contributed by atoms with Crippen LogP contribution < -0.4 is 20.1 Å². The number of methoxy groups -OCH3 is 2. The Morgan fingerprint density at radius 2 is 1.85 bits per heavy atom. The smallest absolute Gasteiger partial charge is 0.191 e. The van der Waals surface area contributed by atoms with Crippen LogP contribution in [0.25, 0.3) is 0 Å². The van der Waals surface area contributed by atoms with Gasteiger partial charge in [0.15, 0.2) is 5.96 Å². The van der Waals surface area contributed by atoms with Gasteiger partial charge in [0.25, 0.3) is 0 Å². The molecule has 154 valence electrons. The zero-order chi connectivity index (χ0) is 18.9. The first-order chi connectivity index (χ1) is 12.5. The molecular weight excluding hydrogens is 455 g/mol. The molecule has 0 aromatic heterocycles. The number of benzene rings is 1. The molecule has 27 heavy (non-hydrogen) atoms. The van der Waals surface area contributed by atoms with Gasteiger partial charge in [-0.2, -0.15) is 0 Å². The lowest BCUT2D eigenvalue weighted by Crippen LogP contribution is -2.45. The van der Waals surface area contributed by atoms with E-state index in [-0.39, 0.29) is 24.0 Å². The van der Waals surface area contributed by atoms with Crippen molar-refractivity contribution in [1.29, 1.82) is 0 Å². The van der Waals surface area contributed by atoms with Crippen LogP contribution in [0.4, 0.5) is 0 Å². The fraction of sp³-hybridized carbons (Fsp3) is 0.650. The average Bonchev–Trinajstić information content (AvgIpc) is 2.63. The van der Waals surface area contributed by atoms with Gasteiger partial charge in [-0.05, 0) is 30.4 Å². The summed E-state index contributed by atoms with van der Waals surface area (Å²) < 4.78 is 10.7. The van der Waals surface area contributed by atoms with Gasteiger partial charge in [0.1, 0.15) is 11.5 Å².